The molecule has 0 atom stereocenters. The molecule has 0 saturated heterocycles. The summed E-state index contributed by atoms with van der Waals surface area (Å²) < 4.78 is 45.4. The molecule has 0 aliphatic heterocycles. The smallest absolute Gasteiger partial charge is 0.337 e. The minimum atomic E-state index is -3.15. The first-order valence-corrected chi connectivity index (χ1v) is 7.76. The fourth-order valence-corrected chi connectivity index (χ4v) is 2.61. The van der Waals surface area contributed by atoms with Gasteiger partial charge < -0.3 is 9.84 Å². The van der Waals surface area contributed by atoms with Crippen LogP contribution in [-0.4, -0.2) is 32.7 Å². The summed E-state index contributed by atoms with van der Waals surface area (Å²) in [6, 6.07) is 3.48. The Morgan fingerprint density at radius 1 is 1.25 bits per heavy atom. The number of rotatable bonds is 5. The van der Waals surface area contributed by atoms with E-state index in [4.69, 9.17) is 4.74 Å². The third kappa shape index (κ3) is 3.31. The van der Waals surface area contributed by atoms with Crippen LogP contribution in [0.25, 0.3) is 16.9 Å². The molecule has 144 valence electrons. The van der Waals surface area contributed by atoms with Crippen LogP contribution in [-0.2, 0) is 0 Å². The number of halogens is 3. The van der Waals surface area contributed by atoms with Gasteiger partial charge in [0.1, 0.15) is 11.6 Å². The maximum Gasteiger partial charge on any atom is 0.337 e. The quantitative estimate of drug-likeness (QED) is 0.718. The van der Waals surface area contributed by atoms with E-state index >= 15 is 0 Å². The Morgan fingerprint density at radius 2 is 2.00 bits per heavy atom. The first kappa shape index (κ1) is 19.1. The van der Waals surface area contributed by atoms with Crippen molar-refractivity contribution in [3.8, 4) is 22.7 Å². The van der Waals surface area contributed by atoms with Gasteiger partial charge in [-0.05, 0) is 18.2 Å². The van der Waals surface area contributed by atoms with Gasteiger partial charge in [-0.3, -0.25) is 14.3 Å². The van der Waals surface area contributed by atoms with Gasteiger partial charge in [-0.25, -0.2) is 22.9 Å². The molecule has 0 amide bonds. The van der Waals surface area contributed by atoms with E-state index in [1.807, 2.05) is 0 Å². The number of carbonyl (C=O) groups is 1. The largest absolute Gasteiger partial charge is 0.494 e. The average Bonchev–Trinajstić information content (AvgIpc) is 2.69. The van der Waals surface area contributed by atoms with Gasteiger partial charge in [0, 0.05) is 29.7 Å². The van der Waals surface area contributed by atoms with Crippen LogP contribution >= 0.6 is 0 Å². The normalized spacial score (nSPS) is 10.9. The van der Waals surface area contributed by atoms with Crippen molar-refractivity contribution in [3.05, 3.63) is 70.3 Å². The fourth-order valence-electron chi connectivity index (χ4n) is 2.61. The van der Waals surface area contributed by atoms with Crippen LogP contribution in [0.1, 0.15) is 22.3 Å². The van der Waals surface area contributed by atoms with Crippen molar-refractivity contribution in [2.75, 3.05) is 7.11 Å². The summed E-state index contributed by atoms with van der Waals surface area (Å²) in [5.41, 5.74) is -2.09. The standard InChI is InChI=1S/C18H12F3N3O4/c1-28-13-8-22-4-2-9(13)11-6-14(23-7-12(11)18(26)27)24-5-3-10(16(20)21)15(19)17(24)25/h2-8,16H,1H3,(H,26,27). The van der Waals surface area contributed by atoms with E-state index in [2.05, 4.69) is 9.97 Å². The van der Waals surface area contributed by atoms with Crippen molar-refractivity contribution in [2.24, 2.45) is 0 Å². The summed E-state index contributed by atoms with van der Waals surface area (Å²) in [6.07, 6.45) is 1.56. The van der Waals surface area contributed by atoms with Gasteiger partial charge in [-0.1, -0.05) is 0 Å². The second kappa shape index (κ2) is 7.51. The Labute approximate surface area is 155 Å². The van der Waals surface area contributed by atoms with Crippen LogP contribution in [0.4, 0.5) is 13.2 Å². The lowest BCUT2D eigenvalue weighted by molar-refractivity contribution is 0.0697. The number of ether oxygens (including phenoxy) is 1. The van der Waals surface area contributed by atoms with Gasteiger partial charge in [0.15, 0.2) is 5.82 Å². The predicted octanol–water partition coefficient (Wildman–Crippen LogP) is 3.08. The molecule has 10 heteroatoms. The molecule has 0 aromatic carbocycles. The topological polar surface area (TPSA) is 94.3 Å². The van der Waals surface area contributed by atoms with E-state index in [-0.39, 0.29) is 22.7 Å². The van der Waals surface area contributed by atoms with Gasteiger partial charge in [0.2, 0.25) is 0 Å². The average molecular weight is 391 g/mol. The Morgan fingerprint density at radius 3 is 2.64 bits per heavy atom. The Balaban J connectivity index is 2.25. The lowest BCUT2D eigenvalue weighted by Crippen LogP contribution is -2.23. The minimum absolute atomic E-state index is 0.127. The molecule has 1 N–H and O–H groups in total. The highest BCUT2D eigenvalue weighted by molar-refractivity contribution is 5.96. The lowest BCUT2D eigenvalue weighted by atomic mass is 10.0. The second-order valence-corrected chi connectivity index (χ2v) is 5.53. The monoisotopic (exact) mass is 391 g/mol. The first-order chi connectivity index (χ1) is 13.3. The number of aromatic nitrogens is 3. The number of aromatic carboxylic acids is 1. The molecule has 0 aliphatic carbocycles. The molecular weight excluding hydrogens is 379 g/mol. The van der Waals surface area contributed by atoms with Gasteiger partial charge >= 0.3 is 5.97 Å². The van der Waals surface area contributed by atoms with E-state index in [1.54, 1.807) is 0 Å². The highest BCUT2D eigenvalue weighted by Crippen LogP contribution is 2.32. The molecule has 0 spiro atoms. The summed E-state index contributed by atoms with van der Waals surface area (Å²) in [5, 5.41) is 9.44. The zero-order valence-corrected chi connectivity index (χ0v) is 14.3. The molecular formula is C18H12F3N3O4. The van der Waals surface area contributed by atoms with Crippen LogP contribution in [0.15, 0.2) is 47.8 Å². The summed E-state index contributed by atoms with van der Waals surface area (Å²) in [4.78, 5) is 31.5. The highest BCUT2D eigenvalue weighted by Gasteiger charge is 2.21. The van der Waals surface area contributed by atoms with E-state index in [0.717, 1.165) is 18.5 Å². The molecule has 0 bridgehead atoms. The maximum atomic E-state index is 14.0. The molecule has 3 rings (SSSR count). The molecule has 3 aromatic heterocycles. The Bertz CT molecular complexity index is 1120. The van der Waals surface area contributed by atoms with Crippen molar-refractivity contribution in [2.45, 2.75) is 6.43 Å². The molecule has 7 nitrogen and oxygen atoms in total. The number of pyridine rings is 3. The number of carboxylic acid groups (broad SMARTS) is 1. The summed E-state index contributed by atoms with van der Waals surface area (Å²) >= 11 is 0. The van der Waals surface area contributed by atoms with Gasteiger partial charge in [0.25, 0.3) is 12.0 Å². The Kier molecular flexibility index (Phi) is 5.12. The molecule has 0 radical (unpaired) electrons. The van der Waals surface area contributed by atoms with Crippen LogP contribution in [0.3, 0.4) is 0 Å². The van der Waals surface area contributed by atoms with Crippen LogP contribution in [0.5, 0.6) is 5.75 Å². The summed E-state index contributed by atoms with van der Waals surface area (Å²) in [7, 11) is 1.37. The number of nitrogens with zero attached hydrogens (tertiary/aromatic N) is 3. The molecule has 28 heavy (non-hydrogen) atoms. The molecule has 3 aromatic rings. The van der Waals surface area contributed by atoms with Crippen molar-refractivity contribution in [1.82, 2.24) is 14.5 Å². The van der Waals surface area contributed by atoms with Gasteiger partial charge in [-0.15, -0.1) is 0 Å². The zero-order valence-electron chi connectivity index (χ0n) is 14.3. The fraction of sp³-hybridized carbons (Fsp3) is 0.111. The maximum absolute atomic E-state index is 14.0. The second-order valence-electron chi connectivity index (χ2n) is 5.53. The number of hydrogen-bond donors (Lipinski definition) is 1. The minimum Gasteiger partial charge on any atom is -0.494 e. The van der Waals surface area contributed by atoms with Crippen LogP contribution in [0, 0.1) is 5.82 Å². The van der Waals surface area contributed by atoms with Gasteiger partial charge in [0.05, 0.1) is 24.4 Å². The zero-order chi connectivity index (χ0) is 20.4. The first-order valence-electron chi connectivity index (χ1n) is 7.76. The number of methoxy groups -OCH3 is 1. The molecule has 0 saturated carbocycles. The van der Waals surface area contributed by atoms with Crippen molar-refractivity contribution in [3.63, 3.8) is 0 Å². The van der Waals surface area contributed by atoms with Crippen LogP contribution in [0.2, 0.25) is 0 Å². The van der Waals surface area contributed by atoms with Gasteiger partial charge in [-0.2, -0.15) is 0 Å². The summed E-state index contributed by atoms with van der Waals surface area (Å²) in [5.74, 6) is -2.79. The number of carboxylic acids is 1. The molecule has 0 aliphatic rings. The highest BCUT2D eigenvalue weighted by atomic mass is 19.3. The number of hydrogen-bond acceptors (Lipinski definition) is 5. The molecule has 0 fully saturated rings. The van der Waals surface area contributed by atoms with E-state index < -0.39 is 29.3 Å². The SMILES string of the molecule is COc1cnccc1-c1cc(-n2ccc(C(F)F)c(F)c2=O)ncc1C(=O)O. The van der Waals surface area contributed by atoms with E-state index in [0.29, 0.717) is 10.1 Å². The molecule has 0 unspecified atom stereocenters. The Hall–Kier alpha value is -3.69. The summed E-state index contributed by atoms with van der Waals surface area (Å²) in [6.45, 7) is 0. The predicted molar refractivity (Wildman–Crippen MR) is 91.5 cm³/mol. The van der Waals surface area contributed by atoms with Crippen molar-refractivity contribution >= 4 is 5.97 Å². The third-order valence-electron chi connectivity index (χ3n) is 3.96. The third-order valence-corrected chi connectivity index (χ3v) is 3.96. The van der Waals surface area contributed by atoms with Crippen molar-refractivity contribution < 1.29 is 27.8 Å². The van der Waals surface area contributed by atoms with E-state index in [1.165, 1.54) is 31.6 Å². The van der Waals surface area contributed by atoms with Crippen molar-refractivity contribution in [1.29, 1.82) is 0 Å². The number of alkyl halides is 2. The lowest BCUT2D eigenvalue weighted by Gasteiger charge is -2.13. The molecule has 3 heterocycles. The van der Waals surface area contributed by atoms with Crippen LogP contribution < -0.4 is 10.3 Å². The van der Waals surface area contributed by atoms with E-state index in [9.17, 15) is 27.9 Å².